The van der Waals surface area contributed by atoms with Crippen molar-refractivity contribution in [2.45, 2.75) is 18.8 Å². The average molecular weight is 423 g/mol. The number of nitrogens with zero attached hydrogens (tertiary/aromatic N) is 1. The predicted molar refractivity (Wildman–Crippen MR) is 124 cm³/mol. The standard InChI is InChI=1S/C25H26N2O2.ClH/c1-26-17-23(28)25(20-11-6-3-7-12-20)27-16-15-21-22(27)13-8-14-24(21)29-18-19-9-4-2-5-10-19;/h2-16,23,25-26,28H,17-18H2,1H3;1H/t23-,25+;/m1./s1. The number of aromatic nitrogens is 1. The van der Waals surface area contributed by atoms with Crippen LogP contribution < -0.4 is 10.1 Å². The van der Waals surface area contributed by atoms with Crippen molar-refractivity contribution in [3.63, 3.8) is 0 Å². The minimum Gasteiger partial charge on any atom is -0.488 e. The largest absolute Gasteiger partial charge is 0.488 e. The van der Waals surface area contributed by atoms with Gasteiger partial charge in [0.15, 0.2) is 0 Å². The van der Waals surface area contributed by atoms with E-state index in [4.69, 9.17) is 4.74 Å². The van der Waals surface area contributed by atoms with Crippen LogP contribution in [0.2, 0.25) is 0 Å². The Morgan fingerprint density at radius 1 is 0.900 bits per heavy atom. The molecule has 0 bridgehead atoms. The fourth-order valence-corrected chi connectivity index (χ4v) is 3.80. The summed E-state index contributed by atoms with van der Waals surface area (Å²) in [5.41, 5.74) is 3.25. The van der Waals surface area contributed by atoms with Crippen molar-refractivity contribution >= 4 is 23.3 Å². The molecule has 4 nitrogen and oxygen atoms in total. The molecule has 1 aromatic heterocycles. The summed E-state index contributed by atoms with van der Waals surface area (Å²) in [7, 11) is 1.86. The van der Waals surface area contributed by atoms with Crippen molar-refractivity contribution < 1.29 is 9.84 Å². The van der Waals surface area contributed by atoms with Crippen LogP contribution in [0.4, 0.5) is 0 Å². The van der Waals surface area contributed by atoms with Gasteiger partial charge in [0, 0.05) is 18.1 Å². The van der Waals surface area contributed by atoms with Gasteiger partial charge in [-0.15, -0.1) is 12.4 Å². The Labute approximate surface area is 183 Å². The highest BCUT2D eigenvalue weighted by molar-refractivity contribution is 5.86. The van der Waals surface area contributed by atoms with E-state index in [1.54, 1.807) is 0 Å². The second-order valence-electron chi connectivity index (χ2n) is 7.17. The molecule has 4 aromatic rings. The first-order valence-electron chi connectivity index (χ1n) is 9.92. The molecule has 0 unspecified atom stereocenters. The molecule has 0 aliphatic carbocycles. The van der Waals surface area contributed by atoms with E-state index in [-0.39, 0.29) is 18.4 Å². The zero-order valence-corrected chi connectivity index (χ0v) is 17.8. The van der Waals surface area contributed by atoms with Crippen LogP contribution in [0.25, 0.3) is 10.9 Å². The average Bonchev–Trinajstić information content (AvgIpc) is 3.18. The molecule has 156 valence electrons. The Morgan fingerprint density at radius 3 is 2.30 bits per heavy atom. The Bertz CT molecular complexity index is 1050. The second-order valence-corrected chi connectivity index (χ2v) is 7.17. The highest BCUT2D eigenvalue weighted by atomic mass is 35.5. The maximum Gasteiger partial charge on any atom is 0.129 e. The number of hydrogen-bond acceptors (Lipinski definition) is 3. The molecular formula is C25H27ClN2O2. The van der Waals surface area contributed by atoms with Gasteiger partial charge in [-0.2, -0.15) is 0 Å². The van der Waals surface area contributed by atoms with Crippen LogP contribution in [-0.4, -0.2) is 29.4 Å². The van der Waals surface area contributed by atoms with Crippen LogP contribution in [0.5, 0.6) is 5.75 Å². The van der Waals surface area contributed by atoms with Crippen LogP contribution in [0.15, 0.2) is 91.1 Å². The molecule has 0 amide bonds. The van der Waals surface area contributed by atoms with Gasteiger partial charge in [-0.1, -0.05) is 66.7 Å². The number of aliphatic hydroxyl groups is 1. The lowest BCUT2D eigenvalue weighted by Gasteiger charge is -2.26. The molecular weight excluding hydrogens is 396 g/mol. The number of fused-ring (bicyclic) bond motifs is 1. The summed E-state index contributed by atoms with van der Waals surface area (Å²) < 4.78 is 8.26. The summed E-state index contributed by atoms with van der Waals surface area (Å²) in [5, 5.41) is 15.0. The molecule has 2 atom stereocenters. The smallest absolute Gasteiger partial charge is 0.129 e. The maximum absolute atomic E-state index is 10.9. The molecule has 0 fully saturated rings. The number of nitrogens with one attached hydrogen (secondary N) is 1. The van der Waals surface area contributed by atoms with E-state index >= 15 is 0 Å². The van der Waals surface area contributed by atoms with Gasteiger partial charge >= 0.3 is 0 Å². The van der Waals surface area contributed by atoms with Crippen LogP contribution in [0.3, 0.4) is 0 Å². The highest BCUT2D eigenvalue weighted by Crippen LogP contribution is 2.32. The van der Waals surface area contributed by atoms with Crippen molar-refractivity contribution in [1.29, 1.82) is 0 Å². The lowest BCUT2D eigenvalue weighted by molar-refractivity contribution is 0.132. The van der Waals surface area contributed by atoms with E-state index < -0.39 is 6.10 Å². The number of ether oxygens (including phenoxy) is 1. The van der Waals surface area contributed by atoms with Gasteiger partial charge in [0.05, 0.1) is 17.7 Å². The second kappa shape index (κ2) is 10.3. The number of rotatable bonds is 8. The van der Waals surface area contributed by atoms with Gasteiger partial charge in [-0.25, -0.2) is 0 Å². The molecule has 0 spiro atoms. The third-order valence-corrected chi connectivity index (χ3v) is 5.18. The van der Waals surface area contributed by atoms with Crippen molar-refractivity contribution in [2.24, 2.45) is 0 Å². The molecule has 0 saturated carbocycles. The molecule has 0 aliphatic heterocycles. The first-order chi connectivity index (χ1) is 14.3. The van der Waals surface area contributed by atoms with E-state index in [2.05, 4.69) is 46.3 Å². The molecule has 0 radical (unpaired) electrons. The van der Waals surface area contributed by atoms with Crippen LogP contribution >= 0.6 is 12.4 Å². The van der Waals surface area contributed by atoms with Crippen molar-refractivity contribution in [2.75, 3.05) is 13.6 Å². The lowest BCUT2D eigenvalue weighted by Crippen LogP contribution is -2.33. The van der Waals surface area contributed by atoms with Gasteiger partial charge in [0.1, 0.15) is 12.4 Å². The molecule has 30 heavy (non-hydrogen) atoms. The molecule has 1 heterocycles. The van der Waals surface area contributed by atoms with Gasteiger partial charge in [0.25, 0.3) is 0 Å². The summed E-state index contributed by atoms with van der Waals surface area (Å²) in [6.45, 7) is 1.03. The van der Waals surface area contributed by atoms with E-state index in [1.807, 2.05) is 61.8 Å². The SMILES string of the molecule is CNC[C@@H](O)[C@H](c1ccccc1)n1ccc2c(OCc3ccccc3)cccc21.Cl. The molecule has 3 aromatic carbocycles. The van der Waals surface area contributed by atoms with Gasteiger partial charge < -0.3 is 19.7 Å². The quantitative estimate of drug-likeness (QED) is 0.428. The first kappa shape index (κ1) is 21.9. The Kier molecular flexibility index (Phi) is 7.52. The van der Waals surface area contributed by atoms with E-state index in [0.717, 1.165) is 27.8 Å². The summed E-state index contributed by atoms with van der Waals surface area (Å²) >= 11 is 0. The Balaban J connectivity index is 0.00000256. The normalized spacial score (nSPS) is 12.9. The van der Waals surface area contributed by atoms with E-state index in [0.29, 0.717) is 13.2 Å². The molecule has 5 heteroatoms. The zero-order valence-electron chi connectivity index (χ0n) is 16.9. The van der Waals surface area contributed by atoms with Gasteiger partial charge in [0.2, 0.25) is 0 Å². The topological polar surface area (TPSA) is 46.4 Å². The minimum atomic E-state index is -0.563. The van der Waals surface area contributed by atoms with Crippen LogP contribution in [0.1, 0.15) is 17.2 Å². The maximum atomic E-state index is 10.9. The zero-order chi connectivity index (χ0) is 20.1. The van der Waals surface area contributed by atoms with Crippen molar-refractivity contribution in [3.05, 3.63) is 102 Å². The highest BCUT2D eigenvalue weighted by Gasteiger charge is 2.24. The molecule has 0 aliphatic rings. The summed E-state index contributed by atoms with van der Waals surface area (Å²) in [5.74, 6) is 0.847. The molecule has 4 rings (SSSR count). The Morgan fingerprint density at radius 2 is 1.60 bits per heavy atom. The third-order valence-electron chi connectivity index (χ3n) is 5.18. The lowest BCUT2D eigenvalue weighted by atomic mass is 10.0. The molecule has 2 N–H and O–H groups in total. The monoisotopic (exact) mass is 422 g/mol. The fraction of sp³-hybridized carbons (Fsp3) is 0.200. The third kappa shape index (κ3) is 4.68. The summed E-state index contributed by atoms with van der Waals surface area (Å²) in [4.78, 5) is 0. The predicted octanol–water partition coefficient (Wildman–Crippen LogP) is 4.81. The Hall–Kier alpha value is -2.79. The van der Waals surface area contributed by atoms with Crippen molar-refractivity contribution in [1.82, 2.24) is 9.88 Å². The van der Waals surface area contributed by atoms with Gasteiger partial charge in [-0.05, 0) is 36.4 Å². The fourth-order valence-electron chi connectivity index (χ4n) is 3.80. The van der Waals surface area contributed by atoms with Crippen molar-refractivity contribution in [3.8, 4) is 5.75 Å². The number of likely N-dealkylation sites (N-methyl/N-ethyl adjacent to an activating group) is 1. The van der Waals surface area contributed by atoms with Gasteiger partial charge in [-0.3, -0.25) is 0 Å². The van der Waals surface area contributed by atoms with Crippen LogP contribution in [-0.2, 0) is 6.61 Å². The summed E-state index contributed by atoms with van der Waals surface area (Å²) in [6, 6.07) is 28.2. The number of halogens is 1. The van der Waals surface area contributed by atoms with E-state index in [9.17, 15) is 5.11 Å². The first-order valence-corrected chi connectivity index (χ1v) is 9.92. The summed E-state index contributed by atoms with van der Waals surface area (Å²) in [6.07, 6.45) is 1.48. The number of hydrogen-bond donors (Lipinski definition) is 2. The van der Waals surface area contributed by atoms with Crippen LogP contribution in [0, 0.1) is 0 Å². The number of aliphatic hydroxyl groups excluding tert-OH is 1. The van der Waals surface area contributed by atoms with E-state index in [1.165, 1.54) is 0 Å². The minimum absolute atomic E-state index is 0. The molecule has 0 saturated heterocycles. The number of benzene rings is 3.